The summed E-state index contributed by atoms with van der Waals surface area (Å²) in [6.07, 6.45) is -0.986. The number of amides is 1. The largest absolute Gasteiger partial charge is 0.457 e. The van der Waals surface area contributed by atoms with E-state index in [1.807, 2.05) is 0 Å². The van der Waals surface area contributed by atoms with Crippen LogP contribution in [0, 0.1) is 6.92 Å². The molecule has 1 amide bonds. The van der Waals surface area contributed by atoms with Crippen LogP contribution >= 0.6 is 11.6 Å². The van der Waals surface area contributed by atoms with Crippen LogP contribution in [0.5, 0.6) is 17.2 Å². The Morgan fingerprint density at radius 2 is 1.77 bits per heavy atom. The Morgan fingerprint density at radius 1 is 1.00 bits per heavy atom. The van der Waals surface area contributed by atoms with Crippen molar-refractivity contribution in [1.82, 2.24) is 14.5 Å². The van der Waals surface area contributed by atoms with Crippen LogP contribution in [0.15, 0.2) is 79.4 Å². The maximum absolute atomic E-state index is 14.3. The molecule has 0 saturated carbocycles. The second-order valence-corrected chi connectivity index (χ2v) is 9.03. The Morgan fingerprint density at radius 3 is 2.45 bits per heavy atom. The van der Waals surface area contributed by atoms with E-state index in [2.05, 4.69) is 9.97 Å². The number of fused-ring (bicyclic) bond motifs is 1. The van der Waals surface area contributed by atoms with Crippen molar-refractivity contribution in [2.45, 2.75) is 13.1 Å². The second-order valence-electron chi connectivity index (χ2n) is 8.65. The van der Waals surface area contributed by atoms with Gasteiger partial charge in [-0.15, -0.1) is 0 Å². The predicted octanol–water partition coefficient (Wildman–Crippen LogP) is 6.51. The minimum absolute atomic E-state index is 0.00590. The molecule has 5 aromatic rings. The molecule has 2 aromatic heterocycles. The molecule has 0 aliphatic rings. The smallest absolute Gasteiger partial charge is 0.422 e. The third kappa shape index (κ3) is 5.45. The number of nitrogens with zero attached hydrogens (tertiary/aromatic N) is 3. The van der Waals surface area contributed by atoms with Crippen LogP contribution in [0.3, 0.4) is 0 Å². The van der Waals surface area contributed by atoms with E-state index < -0.39 is 35.1 Å². The lowest BCUT2D eigenvalue weighted by Gasteiger charge is -2.19. The van der Waals surface area contributed by atoms with Gasteiger partial charge in [0.05, 0.1) is 23.3 Å². The zero-order valence-corrected chi connectivity index (χ0v) is 21.3. The molecule has 2 heterocycles. The van der Waals surface area contributed by atoms with Crippen molar-refractivity contribution in [1.29, 1.82) is 0 Å². The van der Waals surface area contributed by atoms with Crippen molar-refractivity contribution in [2.24, 2.45) is 5.73 Å². The van der Waals surface area contributed by atoms with E-state index in [0.29, 0.717) is 28.0 Å². The maximum Gasteiger partial charge on any atom is 0.422 e. The Kier molecular flexibility index (Phi) is 6.90. The first-order valence-corrected chi connectivity index (χ1v) is 12.0. The third-order valence-corrected chi connectivity index (χ3v) is 6.05. The van der Waals surface area contributed by atoms with Crippen LogP contribution in [0.1, 0.15) is 32.0 Å². The first-order valence-electron chi connectivity index (χ1n) is 11.6. The number of halogens is 4. The summed E-state index contributed by atoms with van der Waals surface area (Å²) in [5.74, 6) is -2.08. The van der Waals surface area contributed by atoms with Gasteiger partial charge in [-0.2, -0.15) is 13.2 Å². The van der Waals surface area contributed by atoms with Crippen LogP contribution in [0.2, 0.25) is 5.15 Å². The normalized spacial score (nSPS) is 11.4. The van der Waals surface area contributed by atoms with Gasteiger partial charge in [-0.25, -0.2) is 14.8 Å². The number of hydrogen-bond donors (Lipinski definition) is 1. The van der Waals surface area contributed by atoms with Crippen LogP contribution in [0.25, 0.3) is 16.5 Å². The molecule has 0 aliphatic carbocycles. The molecule has 3 aromatic carbocycles. The average Bonchev–Trinajstić information content (AvgIpc) is 3.33. The summed E-state index contributed by atoms with van der Waals surface area (Å²) in [7, 11) is 0. The number of rotatable bonds is 6. The monoisotopic (exact) mass is 566 g/mol. The number of imidazole rings is 1. The molecule has 0 spiro atoms. The number of carbonyl (C=O) groups is 2. The van der Waals surface area contributed by atoms with Gasteiger partial charge in [0.25, 0.3) is 0 Å². The van der Waals surface area contributed by atoms with Gasteiger partial charge in [0.2, 0.25) is 5.91 Å². The molecule has 202 valence electrons. The van der Waals surface area contributed by atoms with Gasteiger partial charge in [-0.1, -0.05) is 23.7 Å². The lowest BCUT2D eigenvalue weighted by atomic mass is 10.0. The van der Waals surface area contributed by atoms with Crippen molar-refractivity contribution in [3.05, 3.63) is 107 Å². The number of benzene rings is 3. The van der Waals surface area contributed by atoms with E-state index in [-0.39, 0.29) is 16.3 Å². The summed E-state index contributed by atoms with van der Waals surface area (Å²) in [5, 5.41) is 1.20. The Labute approximate surface area is 229 Å². The minimum Gasteiger partial charge on any atom is -0.457 e. The summed E-state index contributed by atoms with van der Waals surface area (Å²) in [6, 6.07) is 14.4. The molecule has 0 saturated heterocycles. The van der Waals surface area contributed by atoms with Crippen LogP contribution in [-0.2, 0) is 6.18 Å². The van der Waals surface area contributed by atoms with E-state index in [1.165, 1.54) is 24.5 Å². The predicted molar refractivity (Wildman–Crippen MR) is 140 cm³/mol. The number of alkyl halides is 3. The van der Waals surface area contributed by atoms with E-state index >= 15 is 0 Å². The van der Waals surface area contributed by atoms with Crippen molar-refractivity contribution in [3.8, 4) is 22.9 Å². The molecule has 12 heteroatoms. The Hall–Kier alpha value is -4.90. The number of aryl methyl sites for hydroxylation is 1. The summed E-state index contributed by atoms with van der Waals surface area (Å²) < 4.78 is 55.1. The third-order valence-electron chi connectivity index (χ3n) is 5.85. The Bertz CT molecular complexity index is 1790. The number of carbonyl (C=O) groups excluding carboxylic acids is 2. The van der Waals surface area contributed by atoms with Gasteiger partial charge < -0.3 is 19.8 Å². The highest BCUT2D eigenvalue weighted by Gasteiger charge is 2.39. The molecular formula is C28H18ClF3N4O4. The van der Waals surface area contributed by atoms with Crippen molar-refractivity contribution >= 4 is 34.2 Å². The standard InChI is InChI=1S/C28H18ClF3N4O4/c1-15-13-36(14-35-15)22-10-17(26(33)37)11-23(25(22)28(30,31)32)40-27(38)21-4-2-3-16-9-18(5-6-20(16)21)39-19-7-8-34-24(29)12-19/h2-14H,1H3,(H2,33,37). The van der Waals surface area contributed by atoms with Crippen LogP contribution < -0.4 is 15.2 Å². The molecule has 0 fully saturated rings. The highest BCUT2D eigenvalue weighted by molar-refractivity contribution is 6.29. The van der Waals surface area contributed by atoms with Crippen LogP contribution in [-0.4, -0.2) is 26.4 Å². The summed E-state index contributed by atoms with van der Waals surface area (Å²) in [4.78, 5) is 33.1. The first-order chi connectivity index (χ1) is 19.0. The molecule has 0 radical (unpaired) electrons. The summed E-state index contributed by atoms with van der Waals surface area (Å²) in [6.45, 7) is 1.59. The SMILES string of the molecule is Cc1cn(-c2cc(C(N)=O)cc(OC(=O)c3cccc4cc(Oc5ccnc(Cl)c5)ccc34)c2C(F)(F)F)cn1. The molecule has 0 unspecified atom stereocenters. The number of hydrogen-bond acceptors (Lipinski definition) is 6. The van der Waals surface area contributed by atoms with Gasteiger partial charge in [-0.05, 0) is 60.2 Å². The van der Waals surface area contributed by atoms with Crippen molar-refractivity contribution in [3.63, 3.8) is 0 Å². The lowest BCUT2D eigenvalue weighted by Crippen LogP contribution is -2.19. The first kappa shape index (κ1) is 26.7. The molecule has 40 heavy (non-hydrogen) atoms. The highest BCUT2D eigenvalue weighted by Crippen LogP contribution is 2.42. The molecule has 8 nitrogen and oxygen atoms in total. The van der Waals surface area contributed by atoms with Gasteiger partial charge in [-0.3, -0.25) is 4.79 Å². The van der Waals surface area contributed by atoms with E-state index in [1.54, 1.807) is 43.3 Å². The van der Waals surface area contributed by atoms with Gasteiger partial charge in [0.15, 0.2) is 0 Å². The average molecular weight is 567 g/mol. The second kappa shape index (κ2) is 10.3. The van der Waals surface area contributed by atoms with E-state index in [9.17, 15) is 22.8 Å². The fourth-order valence-corrected chi connectivity index (χ4v) is 4.27. The number of aromatic nitrogens is 3. The molecule has 0 aliphatic heterocycles. The van der Waals surface area contributed by atoms with E-state index in [0.717, 1.165) is 23.0 Å². The van der Waals surface area contributed by atoms with Crippen molar-refractivity contribution < 1.29 is 32.2 Å². The van der Waals surface area contributed by atoms with Gasteiger partial charge in [0, 0.05) is 24.0 Å². The molecule has 0 atom stereocenters. The Balaban J connectivity index is 1.55. The maximum atomic E-state index is 14.3. The molecule has 0 bridgehead atoms. The quantitative estimate of drug-likeness (QED) is 0.142. The number of pyridine rings is 1. The fraction of sp³-hybridized carbons (Fsp3) is 0.0714. The highest BCUT2D eigenvalue weighted by atomic mass is 35.5. The minimum atomic E-state index is -4.96. The zero-order valence-electron chi connectivity index (χ0n) is 20.6. The molecule has 2 N–H and O–H groups in total. The summed E-state index contributed by atoms with van der Waals surface area (Å²) >= 11 is 5.90. The lowest BCUT2D eigenvalue weighted by molar-refractivity contribution is -0.138. The molecular weight excluding hydrogens is 549 g/mol. The molecule has 5 rings (SSSR count). The number of nitrogens with two attached hydrogens (primary N) is 1. The van der Waals surface area contributed by atoms with Gasteiger partial charge >= 0.3 is 12.1 Å². The van der Waals surface area contributed by atoms with Crippen molar-refractivity contribution in [2.75, 3.05) is 0 Å². The van der Waals surface area contributed by atoms with E-state index in [4.69, 9.17) is 26.8 Å². The number of primary amides is 1. The fourth-order valence-electron chi connectivity index (χ4n) is 4.11. The van der Waals surface area contributed by atoms with Crippen LogP contribution in [0.4, 0.5) is 13.2 Å². The van der Waals surface area contributed by atoms with Gasteiger partial charge in [0.1, 0.15) is 28.0 Å². The number of ether oxygens (including phenoxy) is 2. The topological polar surface area (TPSA) is 109 Å². The summed E-state index contributed by atoms with van der Waals surface area (Å²) in [5.41, 5.74) is 3.78. The number of esters is 1. The zero-order chi connectivity index (χ0) is 28.6.